The van der Waals surface area contributed by atoms with Crippen molar-refractivity contribution in [2.24, 2.45) is 0 Å². The number of fused-ring (bicyclic) bond motifs is 1. The number of halogens is 3. The van der Waals surface area contributed by atoms with Crippen LogP contribution in [0, 0.1) is 11.6 Å². The molecule has 2 unspecified atom stereocenters. The fourth-order valence-electron chi connectivity index (χ4n) is 2.25. The zero-order valence-corrected chi connectivity index (χ0v) is 10.6. The van der Waals surface area contributed by atoms with Gasteiger partial charge in [0.25, 0.3) is 0 Å². The van der Waals surface area contributed by atoms with Gasteiger partial charge >= 0.3 is 0 Å². The van der Waals surface area contributed by atoms with E-state index in [1.807, 2.05) is 0 Å². The Morgan fingerprint density at radius 2 is 2.00 bits per heavy atom. The Bertz CT molecular complexity index is 596. The number of hydrogen-bond donors (Lipinski definition) is 1. The van der Waals surface area contributed by atoms with E-state index < -0.39 is 23.8 Å². The Morgan fingerprint density at radius 1 is 1.33 bits per heavy atom. The van der Waals surface area contributed by atoms with Crippen LogP contribution >= 0.6 is 15.9 Å². The van der Waals surface area contributed by atoms with Crippen LogP contribution < -0.4 is 0 Å². The molecule has 2 atom stereocenters. The van der Waals surface area contributed by atoms with Gasteiger partial charge in [0.2, 0.25) is 4.73 Å². The molecule has 2 heterocycles. The van der Waals surface area contributed by atoms with E-state index in [4.69, 9.17) is 0 Å². The summed E-state index contributed by atoms with van der Waals surface area (Å²) in [5.41, 5.74) is -0.0901. The molecule has 1 aromatic carbocycles. The van der Waals surface area contributed by atoms with Crippen LogP contribution in [0.3, 0.4) is 0 Å². The van der Waals surface area contributed by atoms with E-state index in [-0.39, 0.29) is 16.7 Å². The predicted molar refractivity (Wildman–Crippen MR) is 61.8 cm³/mol. The molecular formula is C11H8BrF2N3O. The van der Waals surface area contributed by atoms with Gasteiger partial charge in [-0.1, -0.05) is 6.07 Å². The van der Waals surface area contributed by atoms with Gasteiger partial charge in [-0.25, -0.2) is 18.4 Å². The van der Waals surface area contributed by atoms with Crippen LogP contribution in [-0.4, -0.2) is 19.9 Å². The molecule has 1 aromatic heterocycles. The first-order chi connectivity index (χ1) is 8.58. The molecule has 0 saturated heterocycles. The molecular weight excluding hydrogens is 308 g/mol. The van der Waals surface area contributed by atoms with E-state index in [9.17, 15) is 13.9 Å². The Balaban J connectivity index is 2.14. The van der Waals surface area contributed by atoms with Crippen LogP contribution in [0.1, 0.15) is 30.0 Å². The summed E-state index contributed by atoms with van der Waals surface area (Å²) in [6.07, 6.45) is -0.701. The van der Waals surface area contributed by atoms with Crippen molar-refractivity contribution in [1.82, 2.24) is 14.8 Å². The van der Waals surface area contributed by atoms with Gasteiger partial charge in [0.05, 0.1) is 6.04 Å². The lowest BCUT2D eigenvalue weighted by molar-refractivity contribution is 0.171. The highest BCUT2D eigenvalue weighted by Crippen LogP contribution is 2.39. The third-order valence-electron chi connectivity index (χ3n) is 3.00. The highest BCUT2D eigenvalue weighted by molar-refractivity contribution is 9.10. The highest BCUT2D eigenvalue weighted by atomic mass is 79.9. The van der Waals surface area contributed by atoms with Crippen LogP contribution in [-0.2, 0) is 0 Å². The Labute approximate surface area is 109 Å². The van der Waals surface area contributed by atoms with Crippen LogP contribution in [0.5, 0.6) is 0 Å². The molecule has 4 nitrogen and oxygen atoms in total. The third kappa shape index (κ3) is 1.65. The standard InChI is InChI=1S/C11H8BrF2N3O/c12-11-15-10-8(18)4-7(17(10)16-11)9-5(13)2-1-3-6(9)14/h1-3,7-8,18H,4H2. The van der Waals surface area contributed by atoms with Gasteiger partial charge in [0.1, 0.15) is 17.7 Å². The van der Waals surface area contributed by atoms with Crippen LogP contribution in [0.15, 0.2) is 22.9 Å². The number of benzene rings is 1. The highest BCUT2D eigenvalue weighted by Gasteiger charge is 2.36. The summed E-state index contributed by atoms with van der Waals surface area (Å²) in [5.74, 6) is -0.979. The average Bonchev–Trinajstić information content (AvgIpc) is 2.80. The number of hydrogen-bond acceptors (Lipinski definition) is 3. The number of rotatable bonds is 1. The van der Waals surface area contributed by atoms with E-state index in [0.29, 0.717) is 5.82 Å². The summed E-state index contributed by atoms with van der Waals surface area (Å²) in [7, 11) is 0. The van der Waals surface area contributed by atoms with E-state index in [1.54, 1.807) is 0 Å². The molecule has 1 aliphatic heterocycles. The van der Waals surface area contributed by atoms with Gasteiger partial charge in [-0.05, 0) is 28.1 Å². The summed E-state index contributed by atoms with van der Waals surface area (Å²) in [5, 5.41) is 13.8. The second-order valence-corrected chi connectivity index (χ2v) is 4.80. The molecule has 1 aliphatic rings. The minimum Gasteiger partial charge on any atom is -0.385 e. The van der Waals surface area contributed by atoms with Crippen LogP contribution in [0.2, 0.25) is 0 Å². The molecule has 0 spiro atoms. The first kappa shape index (κ1) is 11.7. The Hall–Kier alpha value is -1.34. The van der Waals surface area contributed by atoms with E-state index >= 15 is 0 Å². The molecule has 18 heavy (non-hydrogen) atoms. The Morgan fingerprint density at radius 3 is 2.67 bits per heavy atom. The molecule has 0 bridgehead atoms. The number of aliphatic hydroxyl groups is 1. The van der Waals surface area contributed by atoms with Crippen molar-refractivity contribution in [2.45, 2.75) is 18.6 Å². The minimum atomic E-state index is -0.868. The molecule has 7 heteroatoms. The normalized spacial score (nSPS) is 22.2. The lowest BCUT2D eigenvalue weighted by Gasteiger charge is -2.13. The molecule has 0 amide bonds. The summed E-state index contributed by atoms with van der Waals surface area (Å²) in [4.78, 5) is 3.98. The second-order valence-electron chi connectivity index (χ2n) is 4.09. The predicted octanol–water partition coefficient (Wildman–Crippen LogP) is 2.35. The molecule has 0 aliphatic carbocycles. The van der Waals surface area contributed by atoms with Crippen molar-refractivity contribution in [3.63, 3.8) is 0 Å². The monoisotopic (exact) mass is 315 g/mol. The maximum atomic E-state index is 13.7. The molecule has 0 saturated carbocycles. The Kier molecular flexibility index (Phi) is 2.67. The maximum Gasteiger partial charge on any atom is 0.217 e. The van der Waals surface area contributed by atoms with Gasteiger partial charge in [-0.2, -0.15) is 0 Å². The average molecular weight is 316 g/mol. The second kappa shape index (κ2) is 4.10. The molecule has 0 fully saturated rings. The van der Waals surface area contributed by atoms with Crippen molar-refractivity contribution >= 4 is 15.9 Å². The zero-order valence-electron chi connectivity index (χ0n) is 9.02. The van der Waals surface area contributed by atoms with Gasteiger partial charge < -0.3 is 5.11 Å². The molecule has 94 valence electrons. The summed E-state index contributed by atoms with van der Waals surface area (Å²) in [6, 6.07) is 3.01. The quantitative estimate of drug-likeness (QED) is 0.879. The van der Waals surface area contributed by atoms with Gasteiger partial charge in [0.15, 0.2) is 5.82 Å². The first-order valence-corrected chi connectivity index (χ1v) is 6.11. The SMILES string of the molecule is OC1CC(c2c(F)cccc2F)n2nc(Br)nc21. The van der Waals surface area contributed by atoms with Crippen molar-refractivity contribution in [1.29, 1.82) is 0 Å². The fraction of sp³-hybridized carbons (Fsp3) is 0.273. The maximum absolute atomic E-state index is 13.7. The molecule has 3 rings (SSSR count). The van der Waals surface area contributed by atoms with Gasteiger partial charge in [-0.3, -0.25) is 0 Å². The minimum absolute atomic E-state index is 0.0901. The van der Waals surface area contributed by atoms with Gasteiger partial charge in [0, 0.05) is 12.0 Å². The molecule has 1 N–H and O–H groups in total. The molecule has 0 radical (unpaired) electrons. The third-order valence-corrected chi connectivity index (χ3v) is 3.34. The van der Waals surface area contributed by atoms with Crippen LogP contribution in [0.4, 0.5) is 8.78 Å². The van der Waals surface area contributed by atoms with Crippen molar-refractivity contribution in [3.8, 4) is 0 Å². The van der Waals surface area contributed by atoms with Crippen LogP contribution in [0.25, 0.3) is 0 Å². The first-order valence-electron chi connectivity index (χ1n) is 5.32. The topological polar surface area (TPSA) is 50.9 Å². The van der Waals surface area contributed by atoms with Crippen molar-refractivity contribution in [3.05, 3.63) is 46.0 Å². The summed E-state index contributed by atoms with van der Waals surface area (Å²) >= 11 is 3.08. The van der Waals surface area contributed by atoms with Crippen molar-refractivity contribution < 1.29 is 13.9 Å². The van der Waals surface area contributed by atoms with E-state index in [0.717, 1.165) is 0 Å². The zero-order chi connectivity index (χ0) is 12.9. The van der Waals surface area contributed by atoms with Crippen molar-refractivity contribution in [2.75, 3.05) is 0 Å². The largest absolute Gasteiger partial charge is 0.385 e. The lowest BCUT2D eigenvalue weighted by Crippen LogP contribution is -2.11. The number of aliphatic hydroxyl groups excluding tert-OH is 1. The number of nitrogens with zero attached hydrogens (tertiary/aromatic N) is 3. The van der Waals surface area contributed by atoms with E-state index in [2.05, 4.69) is 26.0 Å². The summed E-state index contributed by atoms with van der Waals surface area (Å²) < 4.78 is 29.1. The van der Waals surface area contributed by atoms with E-state index in [1.165, 1.54) is 22.9 Å². The lowest BCUT2D eigenvalue weighted by atomic mass is 10.0. The smallest absolute Gasteiger partial charge is 0.217 e. The summed E-state index contributed by atoms with van der Waals surface area (Å²) in [6.45, 7) is 0. The fourth-order valence-corrected chi connectivity index (χ4v) is 2.60. The van der Waals surface area contributed by atoms with Gasteiger partial charge in [-0.15, -0.1) is 5.10 Å². The number of aromatic nitrogens is 3. The molecule has 2 aromatic rings.